The summed E-state index contributed by atoms with van der Waals surface area (Å²) in [7, 11) is 2.04. The second-order valence-electron chi connectivity index (χ2n) is 7.34. The van der Waals surface area contributed by atoms with E-state index >= 15 is 0 Å². The molecule has 158 valence electrons. The lowest BCUT2D eigenvalue weighted by Gasteiger charge is -2.18. The van der Waals surface area contributed by atoms with E-state index in [1.807, 2.05) is 68.7 Å². The van der Waals surface area contributed by atoms with E-state index in [-0.39, 0.29) is 11.9 Å². The molecule has 2 N–H and O–H groups in total. The van der Waals surface area contributed by atoms with Crippen molar-refractivity contribution in [2.24, 2.45) is 7.05 Å². The number of carbonyl (C=O) groups excluding carboxylic acids is 1. The summed E-state index contributed by atoms with van der Waals surface area (Å²) in [5.74, 6) is 0.756. The van der Waals surface area contributed by atoms with Crippen LogP contribution in [0.15, 0.2) is 79.3 Å². The molecule has 0 saturated heterocycles. The molecule has 2 aromatic heterocycles. The van der Waals surface area contributed by atoms with E-state index in [9.17, 15) is 4.79 Å². The molecule has 31 heavy (non-hydrogen) atoms. The Morgan fingerprint density at radius 1 is 1.10 bits per heavy atom. The van der Waals surface area contributed by atoms with Crippen molar-refractivity contribution in [2.75, 3.05) is 18.5 Å². The summed E-state index contributed by atoms with van der Waals surface area (Å²) in [6, 6.07) is 19.4. The Morgan fingerprint density at radius 2 is 1.90 bits per heavy atom. The van der Waals surface area contributed by atoms with Gasteiger partial charge in [-0.15, -0.1) is 0 Å². The van der Waals surface area contributed by atoms with Crippen molar-refractivity contribution in [3.8, 4) is 5.75 Å². The first kappa shape index (κ1) is 20.5. The monoisotopic (exact) mass is 414 g/mol. The molecule has 0 unspecified atom stereocenters. The van der Waals surface area contributed by atoms with Gasteiger partial charge in [-0.05, 0) is 54.4 Å². The Kier molecular flexibility index (Phi) is 6.17. The quantitative estimate of drug-likeness (QED) is 0.451. The Bertz CT molecular complexity index is 1150. The third kappa shape index (κ3) is 4.69. The number of hydrogen-bond donors (Lipinski definition) is 2. The van der Waals surface area contributed by atoms with Crippen molar-refractivity contribution in [3.05, 3.63) is 90.4 Å². The van der Waals surface area contributed by atoms with Crippen molar-refractivity contribution in [2.45, 2.75) is 12.8 Å². The first-order valence-corrected chi connectivity index (χ1v) is 10.4. The van der Waals surface area contributed by atoms with E-state index in [0.29, 0.717) is 18.8 Å². The smallest absolute Gasteiger partial charge is 0.319 e. The SMILES string of the molecule is CCOc1ccc(NC(=O)NC[C@@H](c2cccnc2)c2cn(C)c3ccccc23)cc1. The third-order valence-electron chi connectivity index (χ3n) is 5.28. The summed E-state index contributed by atoms with van der Waals surface area (Å²) < 4.78 is 7.56. The van der Waals surface area contributed by atoms with Gasteiger partial charge in [-0.3, -0.25) is 4.98 Å². The van der Waals surface area contributed by atoms with Gasteiger partial charge in [0.25, 0.3) is 0 Å². The maximum absolute atomic E-state index is 12.6. The number of aryl methyl sites for hydroxylation is 1. The van der Waals surface area contributed by atoms with E-state index in [1.54, 1.807) is 6.20 Å². The summed E-state index contributed by atoms with van der Waals surface area (Å²) in [5, 5.41) is 7.08. The Hall–Kier alpha value is -3.80. The molecule has 0 saturated carbocycles. The van der Waals surface area contributed by atoms with Crippen LogP contribution in [0, 0.1) is 0 Å². The van der Waals surface area contributed by atoms with Gasteiger partial charge in [0.05, 0.1) is 6.61 Å². The molecule has 0 aliphatic heterocycles. The molecule has 0 aliphatic carbocycles. The van der Waals surface area contributed by atoms with Crippen LogP contribution in [-0.2, 0) is 7.05 Å². The number of nitrogens with one attached hydrogen (secondary N) is 2. The molecule has 0 fully saturated rings. The number of carbonyl (C=O) groups is 1. The largest absolute Gasteiger partial charge is 0.494 e. The third-order valence-corrected chi connectivity index (χ3v) is 5.28. The van der Waals surface area contributed by atoms with Crippen LogP contribution < -0.4 is 15.4 Å². The fraction of sp³-hybridized carbons (Fsp3) is 0.200. The number of rotatable bonds is 7. The zero-order valence-electron chi connectivity index (χ0n) is 17.7. The maximum Gasteiger partial charge on any atom is 0.319 e. The average molecular weight is 415 g/mol. The van der Waals surface area contributed by atoms with Crippen LogP contribution >= 0.6 is 0 Å². The van der Waals surface area contributed by atoms with Crippen LogP contribution in [0.4, 0.5) is 10.5 Å². The van der Waals surface area contributed by atoms with E-state index in [1.165, 1.54) is 5.39 Å². The lowest BCUT2D eigenvalue weighted by Crippen LogP contribution is -2.32. The zero-order valence-corrected chi connectivity index (χ0v) is 17.7. The van der Waals surface area contributed by atoms with Crippen molar-refractivity contribution in [1.82, 2.24) is 14.9 Å². The fourth-order valence-electron chi connectivity index (χ4n) is 3.81. The molecule has 4 rings (SSSR count). The van der Waals surface area contributed by atoms with Gasteiger partial charge in [-0.25, -0.2) is 4.79 Å². The topological polar surface area (TPSA) is 68.2 Å². The van der Waals surface area contributed by atoms with E-state index in [0.717, 1.165) is 22.4 Å². The van der Waals surface area contributed by atoms with Crippen molar-refractivity contribution in [1.29, 1.82) is 0 Å². The van der Waals surface area contributed by atoms with Crippen LogP contribution in [0.2, 0.25) is 0 Å². The van der Waals surface area contributed by atoms with Crippen molar-refractivity contribution < 1.29 is 9.53 Å². The maximum atomic E-state index is 12.6. The molecule has 0 radical (unpaired) electrons. The molecule has 2 heterocycles. The number of para-hydroxylation sites is 1. The molecule has 0 spiro atoms. The van der Waals surface area contributed by atoms with E-state index in [4.69, 9.17) is 4.74 Å². The number of amides is 2. The predicted octanol–water partition coefficient (Wildman–Crippen LogP) is 4.93. The minimum atomic E-state index is -0.252. The fourth-order valence-corrected chi connectivity index (χ4v) is 3.81. The second-order valence-corrected chi connectivity index (χ2v) is 7.34. The molecule has 2 amide bonds. The second kappa shape index (κ2) is 9.34. The van der Waals surface area contributed by atoms with Crippen molar-refractivity contribution in [3.63, 3.8) is 0 Å². The highest BCUT2D eigenvalue weighted by Gasteiger charge is 2.20. The minimum absolute atomic E-state index is 0.0223. The number of nitrogens with zero attached hydrogens (tertiary/aromatic N) is 2. The first-order chi connectivity index (χ1) is 15.2. The number of urea groups is 1. The molecule has 0 aliphatic rings. The molecule has 6 nitrogen and oxygen atoms in total. The lowest BCUT2D eigenvalue weighted by atomic mass is 9.92. The summed E-state index contributed by atoms with van der Waals surface area (Å²) in [5.41, 5.74) is 4.09. The summed E-state index contributed by atoms with van der Waals surface area (Å²) in [6.07, 6.45) is 5.75. The number of anilines is 1. The molecule has 1 atom stereocenters. The highest BCUT2D eigenvalue weighted by molar-refractivity contribution is 5.89. The van der Waals surface area contributed by atoms with Gasteiger partial charge < -0.3 is 19.9 Å². The number of ether oxygens (including phenoxy) is 1. The molecule has 0 bridgehead atoms. The van der Waals surface area contributed by atoms with Gasteiger partial charge >= 0.3 is 6.03 Å². The zero-order chi connectivity index (χ0) is 21.6. The molecular formula is C25H26N4O2. The van der Waals surface area contributed by atoms with Crippen LogP contribution in [0.25, 0.3) is 10.9 Å². The van der Waals surface area contributed by atoms with Gasteiger partial charge in [0.15, 0.2) is 0 Å². The summed E-state index contributed by atoms with van der Waals surface area (Å²) >= 11 is 0. The standard InChI is InChI=1S/C25H26N4O2/c1-3-31-20-12-10-19(11-13-20)28-25(30)27-16-22(18-7-6-14-26-15-18)23-17-29(2)24-9-5-4-8-21(23)24/h4-15,17,22H,3,16H2,1-2H3,(H2,27,28,30)/t22-/m0/s1. The summed E-state index contributed by atoms with van der Waals surface area (Å²) in [6.45, 7) is 2.99. The van der Waals surface area contributed by atoms with Crippen LogP contribution in [-0.4, -0.2) is 28.7 Å². The molecule has 4 aromatic rings. The van der Waals surface area contributed by atoms with Gasteiger partial charge in [0.1, 0.15) is 5.75 Å². The van der Waals surface area contributed by atoms with E-state index < -0.39 is 0 Å². The Balaban J connectivity index is 1.52. The average Bonchev–Trinajstić information content (AvgIpc) is 3.13. The van der Waals surface area contributed by atoms with Crippen LogP contribution in [0.1, 0.15) is 24.0 Å². The van der Waals surface area contributed by atoms with Crippen LogP contribution in [0.5, 0.6) is 5.75 Å². The highest BCUT2D eigenvalue weighted by Crippen LogP contribution is 2.31. The lowest BCUT2D eigenvalue weighted by molar-refractivity contribution is 0.252. The highest BCUT2D eigenvalue weighted by atomic mass is 16.5. The van der Waals surface area contributed by atoms with Gasteiger partial charge in [-0.2, -0.15) is 0 Å². The number of fused-ring (bicyclic) bond motifs is 1. The Labute approximate surface area is 181 Å². The minimum Gasteiger partial charge on any atom is -0.494 e. The first-order valence-electron chi connectivity index (χ1n) is 10.4. The summed E-state index contributed by atoms with van der Waals surface area (Å²) in [4.78, 5) is 16.9. The Morgan fingerprint density at radius 3 is 2.65 bits per heavy atom. The van der Waals surface area contributed by atoms with E-state index in [2.05, 4.69) is 38.5 Å². The predicted molar refractivity (Wildman–Crippen MR) is 124 cm³/mol. The number of benzene rings is 2. The van der Waals surface area contributed by atoms with Crippen LogP contribution in [0.3, 0.4) is 0 Å². The molecule has 6 heteroatoms. The number of aromatic nitrogens is 2. The number of pyridine rings is 1. The molecular weight excluding hydrogens is 388 g/mol. The normalized spacial score (nSPS) is 11.8. The van der Waals surface area contributed by atoms with Gasteiger partial charge in [0, 0.05) is 54.7 Å². The van der Waals surface area contributed by atoms with Gasteiger partial charge in [0.2, 0.25) is 0 Å². The van der Waals surface area contributed by atoms with Crippen molar-refractivity contribution >= 4 is 22.6 Å². The van der Waals surface area contributed by atoms with Gasteiger partial charge in [-0.1, -0.05) is 24.3 Å². The molecule has 2 aromatic carbocycles. The number of hydrogen-bond acceptors (Lipinski definition) is 3.